The lowest BCUT2D eigenvalue weighted by Gasteiger charge is -2.08. The zero-order chi connectivity index (χ0) is 16.6. The number of nitrogens with two attached hydrogens (primary N) is 1. The highest BCUT2D eigenvalue weighted by molar-refractivity contribution is 14.1. The van der Waals surface area contributed by atoms with Crippen LogP contribution in [-0.4, -0.2) is 63.9 Å². The largest absolute Gasteiger partial charge is 0.491 e. The quantitative estimate of drug-likeness (QED) is 0.196. The standard InChI is InChI=1S/C16H26INO5/c17-5-6-19-7-8-20-9-10-21-11-12-22-13-14-23-16-3-1-15(18)2-4-16/h1-4H,5-14,18H2. The summed E-state index contributed by atoms with van der Waals surface area (Å²) in [6, 6.07) is 7.29. The van der Waals surface area contributed by atoms with Crippen molar-refractivity contribution >= 4 is 28.3 Å². The summed E-state index contributed by atoms with van der Waals surface area (Å²) in [5, 5.41) is 0. The minimum Gasteiger partial charge on any atom is -0.491 e. The summed E-state index contributed by atoms with van der Waals surface area (Å²) < 4.78 is 28.0. The molecule has 0 spiro atoms. The molecule has 0 aromatic heterocycles. The number of hydrogen-bond acceptors (Lipinski definition) is 6. The molecule has 0 fully saturated rings. The van der Waals surface area contributed by atoms with Crippen molar-refractivity contribution in [3.05, 3.63) is 24.3 Å². The third-order valence-corrected chi connectivity index (χ3v) is 3.15. The smallest absolute Gasteiger partial charge is 0.119 e. The highest BCUT2D eigenvalue weighted by Gasteiger charge is 1.95. The molecule has 7 heteroatoms. The molecule has 0 heterocycles. The Labute approximate surface area is 151 Å². The van der Waals surface area contributed by atoms with Gasteiger partial charge in [0.25, 0.3) is 0 Å². The molecule has 1 rings (SSSR count). The number of nitrogen functional groups attached to an aromatic ring is 1. The fraction of sp³-hybridized carbons (Fsp3) is 0.625. The molecule has 0 aliphatic rings. The normalized spacial score (nSPS) is 10.8. The first-order valence-corrected chi connectivity index (χ1v) is 9.21. The minimum atomic E-state index is 0.504. The summed E-state index contributed by atoms with van der Waals surface area (Å²) in [4.78, 5) is 0. The van der Waals surface area contributed by atoms with Crippen LogP contribution in [0.3, 0.4) is 0 Å². The van der Waals surface area contributed by atoms with E-state index in [1.54, 1.807) is 0 Å². The fourth-order valence-corrected chi connectivity index (χ4v) is 1.91. The predicted molar refractivity (Wildman–Crippen MR) is 98.5 cm³/mol. The molecular weight excluding hydrogens is 413 g/mol. The van der Waals surface area contributed by atoms with Crippen molar-refractivity contribution in [3.8, 4) is 5.75 Å². The Morgan fingerprint density at radius 2 is 1.09 bits per heavy atom. The minimum absolute atomic E-state index is 0.504. The Morgan fingerprint density at radius 3 is 1.57 bits per heavy atom. The van der Waals surface area contributed by atoms with Gasteiger partial charge >= 0.3 is 0 Å². The second-order valence-electron chi connectivity index (χ2n) is 4.56. The second kappa shape index (κ2) is 14.9. The Kier molecular flexibility index (Phi) is 13.3. The molecule has 0 saturated heterocycles. The lowest BCUT2D eigenvalue weighted by atomic mass is 10.3. The number of benzene rings is 1. The van der Waals surface area contributed by atoms with E-state index in [-0.39, 0.29) is 0 Å². The first-order valence-electron chi connectivity index (χ1n) is 7.68. The van der Waals surface area contributed by atoms with Crippen molar-refractivity contribution in [2.75, 3.05) is 69.6 Å². The van der Waals surface area contributed by atoms with E-state index in [1.807, 2.05) is 24.3 Å². The van der Waals surface area contributed by atoms with E-state index in [2.05, 4.69) is 22.6 Å². The van der Waals surface area contributed by atoms with Crippen LogP contribution in [0, 0.1) is 0 Å². The summed E-state index contributed by atoms with van der Waals surface area (Å²) >= 11 is 2.28. The van der Waals surface area contributed by atoms with Gasteiger partial charge in [-0.05, 0) is 24.3 Å². The van der Waals surface area contributed by atoms with E-state index < -0.39 is 0 Å². The first kappa shape index (κ1) is 20.4. The van der Waals surface area contributed by atoms with Gasteiger partial charge in [0.1, 0.15) is 12.4 Å². The average Bonchev–Trinajstić information content (AvgIpc) is 2.57. The molecule has 0 amide bonds. The monoisotopic (exact) mass is 439 g/mol. The second-order valence-corrected chi connectivity index (χ2v) is 5.63. The Morgan fingerprint density at radius 1 is 0.652 bits per heavy atom. The molecule has 6 nitrogen and oxygen atoms in total. The molecule has 1 aromatic rings. The van der Waals surface area contributed by atoms with Crippen LogP contribution in [-0.2, 0) is 18.9 Å². The number of hydrogen-bond donors (Lipinski definition) is 1. The fourth-order valence-electron chi connectivity index (χ4n) is 1.60. The van der Waals surface area contributed by atoms with Crippen LogP contribution in [0.1, 0.15) is 0 Å². The summed E-state index contributed by atoms with van der Waals surface area (Å²) in [6.45, 7) is 5.30. The lowest BCUT2D eigenvalue weighted by molar-refractivity contribution is -0.00308. The maximum atomic E-state index is 5.60. The number of ether oxygens (including phenoxy) is 5. The Balaban J connectivity index is 1.77. The molecule has 0 unspecified atom stereocenters. The third kappa shape index (κ3) is 12.5. The molecule has 2 N–H and O–H groups in total. The molecule has 0 saturated carbocycles. The molecule has 0 bridgehead atoms. The lowest BCUT2D eigenvalue weighted by Crippen LogP contribution is -2.14. The van der Waals surface area contributed by atoms with Gasteiger partial charge < -0.3 is 29.4 Å². The summed E-state index contributed by atoms with van der Waals surface area (Å²) in [5.74, 6) is 0.790. The van der Waals surface area contributed by atoms with Gasteiger partial charge in [-0.25, -0.2) is 0 Å². The van der Waals surface area contributed by atoms with E-state index in [0.717, 1.165) is 22.5 Å². The van der Waals surface area contributed by atoms with Crippen LogP contribution in [0.4, 0.5) is 5.69 Å². The zero-order valence-electron chi connectivity index (χ0n) is 13.4. The van der Waals surface area contributed by atoms with E-state index in [4.69, 9.17) is 29.4 Å². The molecule has 0 atom stereocenters. The summed E-state index contributed by atoms with van der Waals surface area (Å²) in [5.41, 5.74) is 6.32. The van der Waals surface area contributed by atoms with Crippen molar-refractivity contribution in [2.45, 2.75) is 0 Å². The SMILES string of the molecule is Nc1ccc(OCCOCCOCCOCCOCCI)cc1. The molecule has 0 aliphatic heterocycles. The van der Waals surface area contributed by atoms with Gasteiger partial charge in [0, 0.05) is 10.1 Å². The molecule has 23 heavy (non-hydrogen) atoms. The van der Waals surface area contributed by atoms with Gasteiger partial charge in [-0.2, -0.15) is 0 Å². The first-order chi connectivity index (χ1) is 11.3. The third-order valence-electron chi connectivity index (χ3n) is 2.71. The van der Waals surface area contributed by atoms with Crippen molar-refractivity contribution in [2.24, 2.45) is 0 Å². The number of halogens is 1. The van der Waals surface area contributed by atoms with Crippen molar-refractivity contribution in [1.82, 2.24) is 0 Å². The maximum absolute atomic E-state index is 5.60. The topological polar surface area (TPSA) is 72.2 Å². The van der Waals surface area contributed by atoms with E-state index in [1.165, 1.54) is 0 Å². The van der Waals surface area contributed by atoms with Crippen LogP contribution >= 0.6 is 22.6 Å². The highest BCUT2D eigenvalue weighted by Crippen LogP contribution is 2.12. The van der Waals surface area contributed by atoms with Crippen molar-refractivity contribution < 1.29 is 23.7 Å². The van der Waals surface area contributed by atoms with Crippen LogP contribution in [0.15, 0.2) is 24.3 Å². The van der Waals surface area contributed by atoms with E-state index in [9.17, 15) is 0 Å². The highest BCUT2D eigenvalue weighted by atomic mass is 127. The molecular formula is C16H26INO5. The van der Waals surface area contributed by atoms with Crippen molar-refractivity contribution in [3.63, 3.8) is 0 Å². The van der Waals surface area contributed by atoms with Crippen LogP contribution in [0.5, 0.6) is 5.75 Å². The Bertz CT molecular complexity index is 377. The van der Waals surface area contributed by atoms with Gasteiger partial charge in [-0.3, -0.25) is 0 Å². The van der Waals surface area contributed by atoms with Crippen LogP contribution < -0.4 is 10.5 Å². The van der Waals surface area contributed by atoms with Gasteiger partial charge in [0.05, 0.1) is 52.9 Å². The Hall–Kier alpha value is -0.610. The average molecular weight is 439 g/mol. The summed E-state index contributed by atoms with van der Waals surface area (Å²) in [6.07, 6.45) is 0. The molecule has 132 valence electrons. The van der Waals surface area contributed by atoms with Crippen LogP contribution in [0.25, 0.3) is 0 Å². The number of alkyl halides is 1. The van der Waals surface area contributed by atoms with E-state index in [0.29, 0.717) is 52.9 Å². The van der Waals surface area contributed by atoms with Gasteiger partial charge in [0.2, 0.25) is 0 Å². The van der Waals surface area contributed by atoms with E-state index >= 15 is 0 Å². The predicted octanol–water partition coefficient (Wildman–Crippen LogP) is 2.15. The number of anilines is 1. The number of rotatable bonds is 15. The molecule has 0 radical (unpaired) electrons. The zero-order valence-corrected chi connectivity index (χ0v) is 15.5. The van der Waals surface area contributed by atoms with Gasteiger partial charge in [-0.1, -0.05) is 22.6 Å². The van der Waals surface area contributed by atoms with Gasteiger partial charge in [0.15, 0.2) is 0 Å². The summed E-state index contributed by atoms with van der Waals surface area (Å²) in [7, 11) is 0. The molecule has 1 aromatic carbocycles. The van der Waals surface area contributed by atoms with Gasteiger partial charge in [-0.15, -0.1) is 0 Å². The van der Waals surface area contributed by atoms with Crippen molar-refractivity contribution in [1.29, 1.82) is 0 Å². The maximum Gasteiger partial charge on any atom is 0.119 e. The van der Waals surface area contributed by atoms with Crippen LogP contribution in [0.2, 0.25) is 0 Å². The molecule has 0 aliphatic carbocycles.